The van der Waals surface area contributed by atoms with Crippen LogP contribution in [0.2, 0.25) is 15.1 Å². The molecular formula is C23H29Cl3N2O4S2. The number of benzene rings is 2. The Morgan fingerprint density at radius 1 is 1.06 bits per heavy atom. The summed E-state index contributed by atoms with van der Waals surface area (Å²) in [5.41, 5.74) is 0.835. The normalized spacial score (nSPS) is 18.6. The average Bonchev–Trinajstić information content (AvgIpc) is 2.74. The second-order valence-corrected chi connectivity index (χ2v) is 14.0. The molecule has 34 heavy (non-hydrogen) atoms. The second-order valence-electron chi connectivity index (χ2n) is 8.85. The van der Waals surface area contributed by atoms with Gasteiger partial charge in [0.25, 0.3) is 10.0 Å². The third-order valence-corrected chi connectivity index (χ3v) is 9.71. The summed E-state index contributed by atoms with van der Waals surface area (Å²) in [4.78, 5) is 0.132. The first-order valence-electron chi connectivity index (χ1n) is 11.1. The summed E-state index contributed by atoms with van der Waals surface area (Å²) in [6.07, 6.45) is 3.25. The number of hydrogen-bond donors (Lipinski definition) is 0. The number of piperidine rings is 1. The largest absolute Gasteiger partial charge is 0.278 e. The zero-order valence-corrected chi connectivity index (χ0v) is 23.2. The van der Waals surface area contributed by atoms with Crippen molar-refractivity contribution in [2.24, 2.45) is 5.92 Å². The van der Waals surface area contributed by atoms with E-state index in [4.69, 9.17) is 34.8 Å². The number of hydrazine groups is 1. The van der Waals surface area contributed by atoms with Crippen molar-refractivity contribution in [2.75, 3.05) is 29.5 Å². The average molecular weight is 568 g/mol. The van der Waals surface area contributed by atoms with Crippen molar-refractivity contribution < 1.29 is 16.8 Å². The van der Waals surface area contributed by atoms with Crippen molar-refractivity contribution in [2.45, 2.75) is 43.9 Å². The summed E-state index contributed by atoms with van der Waals surface area (Å²) in [5, 5.41) is 2.67. The van der Waals surface area contributed by atoms with Gasteiger partial charge in [-0.25, -0.2) is 13.4 Å². The molecule has 1 aliphatic heterocycles. The Kier molecular flexibility index (Phi) is 8.86. The van der Waals surface area contributed by atoms with E-state index in [1.54, 1.807) is 29.3 Å². The highest BCUT2D eigenvalue weighted by Gasteiger charge is 2.37. The number of sulfonamides is 1. The van der Waals surface area contributed by atoms with Crippen LogP contribution < -0.4 is 4.41 Å². The van der Waals surface area contributed by atoms with Crippen molar-refractivity contribution in [3.05, 3.63) is 57.0 Å². The maximum atomic E-state index is 14.3. The minimum Gasteiger partial charge on any atom is -0.229 e. The molecule has 188 valence electrons. The minimum atomic E-state index is -4.15. The fourth-order valence-electron chi connectivity index (χ4n) is 4.29. The van der Waals surface area contributed by atoms with Gasteiger partial charge in [-0.2, -0.15) is 12.8 Å². The van der Waals surface area contributed by atoms with E-state index in [1.807, 2.05) is 13.8 Å². The van der Waals surface area contributed by atoms with E-state index in [1.165, 1.54) is 22.8 Å². The quantitative estimate of drug-likeness (QED) is 0.389. The van der Waals surface area contributed by atoms with Gasteiger partial charge in [0.05, 0.1) is 21.4 Å². The van der Waals surface area contributed by atoms with Gasteiger partial charge in [-0.3, -0.25) is 0 Å². The van der Waals surface area contributed by atoms with Crippen LogP contribution in [0, 0.1) is 5.92 Å². The lowest BCUT2D eigenvalue weighted by Crippen LogP contribution is -2.52. The van der Waals surface area contributed by atoms with E-state index in [9.17, 15) is 16.8 Å². The highest BCUT2D eigenvalue weighted by Crippen LogP contribution is 2.38. The topological polar surface area (TPSA) is 74.8 Å². The van der Waals surface area contributed by atoms with Crippen LogP contribution >= 0.6 is 34.8 Å². The fraction of sp³-hybridized carbons (Fsp3) is 0.478. The summed E-state index contributed by atoms with van der Waals surface area (Å²) in [6.45, 7) is 4.61. The highest BCUT2D eigenvalue weighted by atomic mass is 35.5. The molecule has 0 aromatic heterocycles. The van der Waals surface area contributed by atoms with Crippen LogP contribution in [0.15, 0.2) is 41.3 Å². The molecule has 2 aromatic rings. The van der Waals surface area contributed by atoms with Gasteiger partial charge in [0.15, 0.2) is 0 Å². The van der Waals surface area contributed by atoms with E-state index in [0.717, 1.165) is 6.42 Å². The third kappa shape index (κ3) is 6.39. The minimum absolute atomic E-state index is 0.0142. The van der Waals surface area contributed by atoms with E-state index in [0.29, 0.717) is 35.0 Å². The molecule has 1 fully saturated rings. The van der Waals surface area contributed by atoms with E-state index < -0.39 is 19.9 Å². The van der Waals surface area contributed by atoms with Gasteiger partial charge in [0.1, 0.15) is 9.84 Å². The zero-order valence-electron chi connectivity index (χ0n) is 19.3. The highest BCUT2D eigenvalue weighted by molar-refractivity contribution is 7.92. The van der Waals surface area contributed by atoms with Crippen LogP contribution in [-0.2, 0) is 19.9 Å². The van der Waals surface area contributed by atoms with E-state index >= 15 is 0 Å². The first kappa shape index (κ1) is 27.6. The molecule has 2 atom stereocenters. The Morgan fingerprint density at radius 2 is 1.71 bits per heavy atom. The fourth-order valence-corrected chi connectivity index (χ4v) is 7.86. The molecule has 0 spiro atoms. The first-order chi connectivity index (χ1) is 15.8. The third-order valence-electron chi connectivity index (χ3n) is 6.03. The summed E-state index contributed by atoms with van der Waals surface area (Å²) in [6, 6.07) is 9.41. The van der Waals surface area contributed by atoms with Crippen molar-refractivity contribution in [1.82, 2.24) is 5.01 Å². The Morgan fingerprint density at radius 3 is 2.35 bits per heavy atom. The van der Waals surface area contributed by atoms with Gasteiger partial charge in [0.2, 0.25) is 0 Å². The lowest BCUT2D eigenvalue weighted by molar-refractivity contribution is 0.194. The Labute approximate surface area is 217 Å². The van der Waals surface area contributed by atoms with Crippen LogP contribution in [0.3, 0.4) is 0 Å². The van der Waals surface area contributed by atoms with E-state index in [2.05, 4.69) is 0 Å². The molecule has 0 bridgehead atoms. The lowest BCUT2D eigenvalue weighted by atomic mass is 9.99. The summed E-state index contributed by atoms with van der Waals surface area (Å²) in [5.74, 6) is -0.280. The molecule has 2 aromatic carbocycles. The molecule has 1 saturated heterocycles. The molecule has 0 N–H and O–H groups in total. The van der Waals surface area contributed by atoms with Crippen LogP contribution in [-0.4, -0.2) is 46.9 Å². The van der Waals surface area contributed by atoms with Crippen molar-refractivity contribution >= 4 is 60.4 Å². The van der Waals surface area contributed by atoms with Gasteiger partial charge in [-0.15, -0.1) is 0 Å². The maximum absolute atomic E-state index is 14.3. The van der Waals surface area contributed by atoms with Crippen molar-refractivity contribution in [1.29, 1.82) is 0 Å². The number of anilines is 1. The van der Waals surface area contributed by atoms with Crippen molar-refractivity contribution in [3.8, 4) is 0 Å². The van der Waals surface area contributed by atoms with Gasteiger partial charge in [0, 0.05) is 29.4 Å². The van der Waals surface area contributed by atoms with Gasteiger partial charge >= 0.3 is 0 Å². The molecule has 0 saturated carbocycles. The maximum Gasteiger partial charge on any atom is 0.278 e. The number of rotatable bonds is 8. The molecule has 6 nitrogen and oxygen atoms in total. The molecule has 1 aliphatic rings. The van der Waals surface area contributed by atoms with Crippen LogP contribution in [0.25, 0.3) is 0 Å². The molecule has 1 heterocycles. The summed E-state index contributed by atoms with van der Waals surface area (Å²) in [7, 11) is -7.38. The first-order valence-corrected chi connectivity index (χ1v) is 15.7. The Hall–Kier alpha value is -1.03. The van der Waals surface area contributed by atoms with Crippen LogP contribution in [0.4, 0.5) is 5.69 Å². The van der Waals surface area contributed by atoms with Gasteiger partial charge < -0.3 is 0 Å². The Bertz CT molecular complexity index is 1250. The van der Waals surface area contributed by atoms with Gasteiger partial charge in [-0.1, -0.05) is 48.7 Å². The number of sulfone groups is 1. The van der Waals surface area contributed by atoms with Crippen LogP contribution in [0.1, 0.15) is 44.6 Å². The monoisotopic (exact) mass is 566 g/mol. The van der Waals surface area contributed by atoms with Crippen molar-refractivity contribution in [3.63, 3.8) is 0 Å². The molecule has 0 radical (unpaired) electrons. The summed E-state index contributed by atoms with van der Waals surface area (Å²) >= 11 is 19.0. The molecular weight excluding hydrogens is 539 g/mol. The Balaban J connectivity index is 2.18. The predicted molar refractivity (Wildman–Crippen MR) is 140 cm³/mol. The molecule has 1 unspecified atom stereocenters. The number of halogens is 3. The smallest absolute Gasteiger partial charge is 0.229 e. The number of nitrogens with zero attached hydrogens (tertiary/aromatic N) is 2. The lowest BCUT2D eigenvalue weighted by Gasteiger charge is -2.41. The summed E-state index contributed by atoms with van der Waals surface area (Å²) < 4.78 is 53.6. The zero-order chi connectivity index (χ0) is 25.3. The van der Waals surface area contributed by atoms with Gasteiger partial charge in [-0.05, 0) is 73.1 Å². The molecule has 0 amide bonds. The standard InChI is InChI=1S/C23H29Cl3N2O4S2/c1-4-16(2)20-12-18(24)8-10-23(20)34(31,32)28(22-13-19(25)7-9-21(22)26)27-11-5-6-17(14-27)15-33(3,29)30/h7-10,12-13,16-17H,4-6,11,14-15H2,1-3H3/t16-,17?/m1/s1. The molecule has 3 rings (SSSR count). The molecule has 0 aliphatic carbocycles. The second kappa shape index (κ2) is 10.9. The van der Waals surface area contributed by atoms with E-state index in [-0.39, 0.29) is 39.7 Å². The molecule has 11 heteroatoms. The SMILES string of the molecule is CC[C@@H](C)c1cc(Cl)ccc1S(=O)(=O)N(c1cc(Cl)ccc1Cl)N1CCCC(CS(C)(=O)=O)C1. The van der Waals surface area contributed by atoms with Crippen LogP contribution in [0.5, 0.6) is 0 Å². The number of hydrogen-bond acceptors (Lipinski definition) is 5. The predicted octanol–water partition coefficient (Wildman–Crippen LogP) is 6.03.